The van der Waals surface area contributed by atoms with Crippen LogP contribution in [0, 0.1) is 0 Å². The number of nitrogens with zero attached hydrogens (tertiary/aromatic N) is 4. The molecule has 7 nitrogen and oxygen atoms in total. The van der Waals surface area contributed by atoms with Gasteiger partial charge in [0.2, 0.25) is 5.91 Å². The number of hydrogen-bond donors (Lipinski definition) is 1. The van der Waals surface area contributed by atoms with Gasteiger partial charge in [0.05, 0.1) is 23.3 Å². The SMILES string of the molecule is CC(C(=O)NC1CC1)N1CCN(C(=O)c2cnc3ccccc3n2)CC1. The molecule has 1 aliphatic carbocycles. The molecule has 7 heteroatoms. The molecule has 2 aliphatic rings. The zero-order valence-electron chi connectivity index (χ0n) is 14.9. The number of hydrogen-bond acceptors (Lipinski definition) is 5. The first kappa shape index (κ1) is 16.9. The molecule has 0 spiro atoms. The van der Waals surface area contributed by atoms with Crippen LogP contribution in [0.2, 0.25) is 0 Å². The second-order valence-electron chi connectivity index (χ2n) is 7.03. The Kier molecular flexibility index (Phi) is 4.55. The van der Waals surface area contributed by atoms with E-state index in [-0.39, 0.29) is 17.9 Å². The maximum absolute atomic E-state index is 12.7. The lowest BCUT2D eigenvalue weighted by Gasteiger charge is -2.37. The van der Waals surface area contributed by atoms with Crippen molar-refractivity contribution in [3.63, 3.8) is 0 Å². The lowest BCUT2D eigenvalue weighted by atomic mass is 10.2. The van der Waals surface area contributed by atoms with E-state index >= 15 is 0 Å². The van der Waals surface area contributed by atoms with Gasteiger partial charge in [-0.15, -0.1) is 0 Å². The van der Waals surface area contributed by atoms with Crippen molar-refractivity contribution < 1.29 is 9.59 Å². The van der Waals surface area contributed by atoms with Crippen LogP contribution in [-0.4, -0.2) is 69.8 Å². The molecule has 2 fully saturated rings. The zero-order valence-corrected chi connectivity index (χ0v) is 14.9. The Bertz CT molecular complexity index is 828. The highest BCUT2D eigenvalue weighted by Crippen LogP contribution is 2.19. The molecule has 26 heavy (non-hydrogen) atoms. The summed E-state index contributed by atoms with van der Waals surface area (Å²) < 4.78 is 0. The first-order valence-corrected chi connectivity index (χ1v) is 9.17. The van der Waals surface area contributed by atoms with Gasteiger partial charge >= 0.3 is 0 Å². The molecule has 0 bridgehead atoms. The van der Waals surface area contributed by atoms with Crippen LogP contribution in [0.3, 0.4) is 0 Å². The van der Waals surface area contributed by atoms with Gasteiger partial charge in [-0.2, -0.15) is 0 Å². The number of piperazine rings is 1. The van der Waals surface area contributed by atoms with E-state index in [4.69, 9.17) is 0 Å². The molecule has 2 amide bonds. The summed E-state index contributed by atoms with van der Waals surface area (Å²) >= 11 is 0. The molecule has 2 heterocycles. The predicted octanol–water partition coefficient (Wildman–Crippen LogP) is 1.05. The average molecular weight is 353 g/mol. The summed E-state index contributed by atoms with van der Waals surface area (Å²) in [5.74, 6) is -0.00865. The van der Waals surface area contributed by atoms with Gasteiger partial charge in [0.15, 0.2) is 0 Å². The molecule has 2 aromatic rings. The smallest absolute Gasteiger partial charge is 0.274 e. The summed E-state index contributed by atoms with van der Waals surface area (Å²) in [4.78, 5) is 37.6. The normalized spacial score (nSPS) is 19.3. The third-order valence-corrected chi connectivity index (χ3v) is 5.12. The second-order valence-corrected chi connectivity index (χ2v) is 7.03. The van der Waals surface area contributed by atoms with E-state index in [0.717, 1.165) is 23.9 Å². The van der Waals surface area contributed by atoms with Gasteiger partial charge in [0, 0.05) is 32.2 Å². The number of benzene rings is 1. The van der Waals surface area contributed by atoms with E-state index in [2.05, 4.69) is 20.2 Å². The largest absolute Gasteiger partial charge is 0.352 e. The fourth-order valence-electron chi connectivity index (χ4n) is 3.25. The van der Waals surface area contributed by atoms with Crippen LogP contribution < -0.4 is 5.32 Å². The van der Waals surface area contributed by atoms with Gasteiger partial charge in [-0.05, 0) is 31.9 Å². The average Bonchev–Trinajstić information content (AvgIpc) is 3.50. The Hall–Kier alpha value is -2.54. The molecule has 1 aromatic carbocycles. The number of nitrogens with one attached hydrogen (secondary N) is 1. The van der Waals surface area contributed by atoms with Crippen LogP contribution >= 0.6 is 0 Å². The van der Waals surface area contributed by atoms with Crippen LogP contribution in [0.1, 0.15) is 30.3 Å². The van der Waals surface area contributed by atoms with Gasteiger partial charge in [-0.3, -0.25) is 19.5 Å². The predicted molar refractivity (Wildman–Crippen MR) is 97.6 cm³/mol. The quantitative estimate of drug-likeness (QED) is 0.889. The van der Waals surface area contributed by atoms with Crippen molar-refractivity contribution in [2.75, 3.05) is 26.2 Å². The molecule has 1 saturated heterocycles. The van der Waals surface area contributed by atoms with Crippen LogP contribution in [0.15, 0.2) is 30.5 Å². The minimum Gasteiger partial charge on any atom is -0.352 e. The van der Waals surface area contributed by atoms with E-state index in [1.165, 1.54) is 0 Å². The summed E-state index contributed by atoms with van der Waals surface area (Å²) in [6, 6.07) is 7.74. The topological polar surface area (TPSA) is 78.4 Å². The van der Waals surface area contributed by atoms with Crippen molar-refractivity contribution >= 4 is 22.8 Å². The lowest BCUT2D eigenvalue weighted by Crippen LogP contribution is -2.55. The van der Waals surface area contributed by atoms with Gasteiger partial charge in [0.1, 0.15) is 5.69 Å². The first-order valence-electron chi connectivity index (χ1n) is 9.17. The highest BCUT2D eigenvalue weighted by atomic mass is 16.2. The van der Waals surface area contributed by atoms with Crippen molar-refractivity contribution in [3.05, 3.63) is 36.2 Å². The monoisotopic (exact) mass is 353 g/mol. The number of fused-ring (bicyclic) bond motifs is 1. The summed E-state index contributed by atoms with van der Waals surface area (Å²) in [6.07, 6.45) is 3.73. The summed E-state index contributed by atoms with van der Waals surface area (Å²) in [6.45, 7) is 4.49. The highest BCUT2D eigenvalue weighted by Gasteiger charge is 2.31. The maximum Gasteiger partial charge on any atom is 0.274 e. The molecule has 4 rings (SSSR count). The number of amides is 2. The van der Waals surface area contributed by atoms with Gasteiger partial charge in [-0.1, -0.05) is 12.1 Å². The highest BCUT2D eigenvalue weighted by molar-refractivity contribution is 5.93. The summed E-state index contributed by atoms with van der Waals surface area (Å²) in [5.41, 5.74) is 1.88. The summed E-state index contributed by atoms with van der Waals surface area (Å²) in [7, 11) is 0. The van der Waals surface area contributed by atoms with Crippen molar-refractivity contribution in [1.29, 1.82) is 0 Å². The number of rotatable bonds is 4. The summed E-state index contributed by atoms with van der Waals surface area (Å²) in [5, 5.41) is 3.05. The third-order valence-electron chi connectivity index (χ3n) is 5.12. The Balaban J connectivity index is 1.37. The first-order chi connectivity index (χ1) is 12.6. The minimum absolute atomic E-state index is 0.0904. The van der Waals surface area contributed by atoms with Gasteiger partial charge in [-0.25, -0.2) is 4.98 Å². The Labute approximate surface area is 152 Å². The standard InChI is InChI=1S/C19H23N5O2/c1-13(18(25)21-14-6-7-14)23-8-10-24(11-9-23)19(26)17-12-20-15-4-2-3-5-16(15)22-17/h2-5,12-14H,6-11H2,1H3,(H,21,25). The molecular formula is C19H23N5O2. The van der Waals surface area contributed by atoms with Crippen molar-refractivity contribution in [1.82, 2.24) is 25.1 Å². The van der Waals surface area contributed by atoms with Crippen LogP contribution in [0.4, 0.5) is 0 Å². The molecule has 1 N–H and O–H groups in total. The molecule has 1 aliphatic heterocycles. The Morgan fingerprint density at radius 1 is 1.12 bits per heavy atom. The Morgan fingerprint density at radius 2 is 1.81 bits per heavy atom. The van der Waals surface area contributed by atoms with Crippen molar-refractivity contribution in [2.24, 2.45) is 0 Å². The van der Waals surface area contributed by atoms with Gasteiger partial charge in [0.25, 0.3) is 5.91 Å². The Morgan fingerprint density at radius 3 is 2.50 bits per heavy atom. The molecule has 1 aromatic heterocycles. The van der Waals surface area contributed by atoms with E-state index in [1.807, 2.05) is 31.2 Å². The fourth-order valence-corrected chi connectivity index (χ4v) is 3.25. The van der Waals surface area contributed by atoms with E-state index in [0.29, 0.717) is 37.9 Å². The minimum atomic E-state index is -0.159. The fraction of sp³-hybridized carbons (Fsp3) is 0.474. The maximum atomic E-state index is 12.7. The molecule has 1 atom stereocenters. The molecule has 1 unspecified atom stereocenters. The number of carbonyl (C=O) groups is 2. The van der Waals surface area contributed by atoms with Gasteiger partial charge < -0.3 is 10.2 Å². The zero-order chi connectivity index (χ0) is 18.1. The third kappa shape index (κ3) is 3.53. The number of aromatic nitrogens is 2. The number of carbonyl (C=O) groups excluding carboxylic acids is 2. The van der Waals surface area contributed by atoms with Crippen molar-refractivity contribution in [2.45, 2.75) is 31.8 Å². The van der Waals surface area contributed by atoms with Crippen LogP contribution in [-0.2, 0) is 4.79 Å². The lowest BCUT2D eigenvalue weighted by molar-refractivity contribution is -0.126. The molecular weight excluding hydrogens is 330 g/mol. The number of para-hydroxylation sites is 2. The van der Waals surface area contributed by atoms with Crippen LogP contribution in [0.25, 0.3) is 11.0 Å². The second kappa shape index (κ2) is 6.99. The molecule has 1 saturated carbocycles. The molecule has 0 radical (unpaired) electrons. The van der Waals surface area contributed by atoms with Crippen molar-refractivity contribution in [3.8, 4) is 0 Å². The van der Waals surface area contributed by atoms with E-state index in [9.17, 15) is 9.59 Å². The van der Waals surface area contributed by atoms with Crippen LogP contribution in [0.5, 0.6) is 0 Å². The van der Waals surface area contributed by atoms with E-state index in [1.54, 1.807) is 11.1 Å². The van der Waals surface area contributed by atoms with E-state index < -0.39 is 0 Å². The molecule has 136 valence electrons.